The molecule has 0 atom stereocenters. The predicted molar refractivity (Wildman–Crippen MR) is 132 cm³/mol. The standard InChI is InChI=1S/C26H17ClN2O3S/c27-24-22-10-4-5-11-23(22)33-25(24)26(30)29-17-13-20(31-18-7-2-1-3-8-18)15-21(14-17)32-19-9-6-12-28-16-19/h1-16H,(H,29,30). The van der Waals surface area contributed by atoms with Crippen molar-refractivity contribution in [2.45, 2.75) is 0 Å². The molecule has 0 radical (unpaired) electrons. The van der Waals surface area contributed by atoms with E-state index in [9.17, 15) is 4.79 Å². The number of aromatic nitrogens is 1. The molecule has 5 nitrogen and oxygen atoms in total. The van der Waals surface area contributed by atoms with Crippen molar-refractivity contribution in [3.8, 4) is 23.0 Å². The topological polar surface area (TPSA) is 60.5 Å². The van der Waals surface area contributed by atoms with E-state index in [0.717, 1.165) is 10.1 Å². The molecule has 0 saturated heterocycles. The zero-order valence-corrected chi connectivity index (χ0v) is 18.8. The van der Waals surface area contributed by atoms with E-state index >= 15 is 0 Å². The second kappa shape index (κ2) is 9.32. The second-order valence-electron chi connectivity index (χ2n) is 7.09. The molecule has 0 unspecified atom stereocenters. The van der Waals surface area contributed by atoms with Crippen molar-refractivity contribution < 1.29 is 14.3 Å². The van der Waals surface area contributed by atoms with Gasteiger partial charge in [-0.2, -0.15) is 0 Å². The van der Waals surface area contributed by atoms with Crippen molar-refractivity contribution in [3.05, 3.63) is 107 Å². The molecule has 33 heavy (non-hydrogen) atoms. The molecular formula is C26H17ClN2O3S. The van der Waals surface area contributed by atoms with Crippen LogP contribution in [-0.2, 0) is 0 Å². The molecule has 3 aromatic carbocycles. The number of carbonyl (C=O) groups is 1. The zero-order chi connectivity index (χ0) is 22.6. The van der Waals surface area contributed by atoms with Crippen LogP contribution in [0.4, 0.5) is 5.69 Å². The van der Waals surface area contributed by atoms with Crippen molar-refractivity contribution >= 4 is 44.6 Å². The lowest BCUT2D eigenvalue weighted by Crippen LogP contribution is -2.10. The number of benzene rings is 3. The summed E-state index contributed by atoms with van der Waals surface area (Å²) in [4.78, 5) is 17.6. The molecule has 7 heteroatoms. The van der Waals surface area contributed by atoms with Crippen LogP contribution in [0.2, 0.25) is 5.02 Å². The molecule has 2 heterocycles. The van der Waals surface area contributed by atoms with Crippen LogP contribution in [-0.4, -0.2) is 10.9 Å². The van der Waals surface area contributed by atoms with Crippen LogP contribution in [0.25, 0.3) is 10.1 Å². The Bertz CT molecular complexity index is 1360. The van der Waals surface area contributed by atoms with E-state index in [0.29, 0.717) is 38.6 Å². The molecule has 0 saturated carbocycles. The minimum absolute atomic E-state index is 0.301. The van der Waals surface area contributed by atoms with Gasteiger partial charge in [-0.1, -0.05) is 48.0 Å². The molecular weight excluding hydrogens is 456 g/mol. The largest absolute Gasteiger partial charge is 0.457 e. The fraction of sp³-hybridized carbons (Fsp3) is 0. The second-order valence-corrected chi connectivity index (χ2v) is 8.52. The lowest BCUT2D eigenvalue weighted by Gasteiger charge is -2.12. The first-order valence-corrected chi connectivity index (χ1v) is 11.3. The summed E-state index contributed by atoms with van der Waals surface area (Å²) in [5.74, 6) is 1.94. The van der Waals surface area contributed by atoms with Crippen LogP contribution < -0.4 is 14.8 Å². The molecule has 0 fully saturated rings. The lowest BCUT2D eigenvalue weighted by molar-refractivity contribution is 0.103. The fourth-order valence-corrected chi connectivity index (χ4v) is 4.69. The van der Waals surface area contributed by atoms with Crippen molar-refractivity contribution in [3.63, 3.8) is 0 Å². The van der Waals surface area contributed by atoms with Gasteiger partial charge in [0.2, 0.25) is 0 Å². The molecule has 1 N–H and O–H groups in total. The summed E-state index contributed by atoms with van der Waals surface area (Å²) in [6.07, 6.45) is 3.28. The summed E-state index contributed by atoms with van der Waals surface area (Å²) in [7, 11) is 0. The Kier molecular flexibility index (Phi) is 5.93. The maximum absolute atomic E-state index is 13.1. The van der Waals surface area contributed by atoms with Gasteiger partial charge >= 0.3 is 0 Å². The Morgan fingerprint density at radius 2 is 1.52 bits per heavy atom. The Balaban J connectivity index is 1.46. The van der Waals surface area contributed by atoms with Gasteiger partial charge in [0.1, 0.15) is 27.9 Å². The Labute approximate surface area is 199 Å². The Morgan fingerprint density at radius 1 is 0.818 bits per heavy atom. The average molecular weight is 473 g/mol. The number of halogens is 1. The van der Waals surface area contributed by atoms with Crippen LogP contribution in [0.5, 0.6) is 23.0 Å². The Morgan fingerprint density at radius 3 is 2.24 bits per heavy atom. The van der Waals surface area contributed by atoms with Gasteiger partial charge in [0.15, 0.2) is 0 Å². The number of nitrogens with one attached hydrogen (secondary N) is 1. The van der Waals surface area contributed by atoms with E-state index in [2.05, 4.69) is 10.3 Å². The average Bonchev–Trinajstić information content (AvgIpc) is 3.17. The summed E-state index contributed by atoms with van der Waals surface area (Å²) < 4.78 is 12.9. The minimum Gasteiger partial charge on any atom is -0.457 e. The van der Waals surface area contributed by atoms with Crippen molar-refractivity contribution in [2.24, 2.45) is 0 Å². The fourth-order valence-electron chi connectivity index (χ4n) is 3.28. The third-order valence-corrected chi connectivity index (χ3v) is 6.40. The van der Waals surface area contributed by atoms with E-state index in [-0.39, 0.29) is 5.91 Å². The van der Waals surface area contributed by atoms with Crippen molar-refractivity contribution in [1.29, 1.82) is 0 Å². The van der Waals surface area contributed by atoms with Gasteiger partial charge in [-0.05, 0) is 30.3 Å². The number of amides is 1. The van der Waals surface area contributed by atoms with E-state index < -0.39 is 0 Å². The van der Waals surface area contributed by atoms with E-state index in [4.69, 9.17) is 21.1 Å². The molecule has 162 valence electrons. The SMILES string of the molecule is O=C(Nc1cc(Oc2ccccc2)cc(Oc2cccnc2)c1)c1sc2ccccc2c1Cl. The van der Waals surface area contributed by atoms with E-state index in [1.165, 1.54) is 11.3 Å². The minimum atomic E-state index is -0.301. The molecule has 2 aromatic heterocycles. The third-order valence-electron chi connectivity index (χ3n) is 4.73. The number of rotatable bonds is 6. The van der Waals surface area contributed by atoms with Crippen LogP contribution in [0.3, 0.4) is 0 Å². The lowest BCUT2D eigenvalue weighted by atomic mass is 10.2. The van der Waals surface area contributed by atoms with Crippen LogP contribution >= 0.6 is 22.9 Å². The zero-order valence-electron chi connectivity index (χ0n) is 17.2. The number of pyridine rings is 1. The van der Waals surface area contributed by atoms with Gasteiger partial charge in [-0.25, -0.2) is 0 Å². The van der Waals surface area contributed by atoms with Gasteiger partial charge in [0.05, 0.1) is 11.2 Å². The molecule has 1 amide bonds. The summed E-state index contributed by atoms with van der Waals surface area (Å²) >= 11 is 7.84. The molecule has 0 bridgehead atoms. The highest BCUT2D eigenvalue weighted by Gasteiger charge is 2.18. The highest BCUT2D eigenvalue weighted by atomic mass is 35.5. The Hall–Kier alpha value is -3.87. The first-order valence-electron chi connectivity index (χ1n) is 10.1. The number of ether oxygens (including phenoxy) is 2. The molecule has 0 aliphatic carbocycles. The molecule has 5 rings (SSSR count). The van der Waals surface area contributed by atoms with Gasteiger partial charge in [0.25, 0.3) is 5.91 Å². The van der Waals surface area contributed by atoms with E-state index in [1.807, 2.05) is 54.6 Å². The summed E-state index contributed by atoms with van der Waals surface area (Å²) in [5.41, 5.74) is 0.515. The van der Waals surface area contributed by atoms with Gasteiger partial charge in [0, 0.05) is 40.2 Å². The number of fused-ring (bicyclic) bond motifs is 1. The molecule has 0 aliphatic heterocycles. The monoisotopic (exact) mass is 472 g/mol. The maximum atomic E-state index is 13.1. The molecule has 0 aliphatic rings. The number of anilines is 1. The van der Waals surface area contributed by atoms with Gasteiger partial charge in [-0.3, -0.25) is 9.78 Å². The third kappa shape index (κ3) is 4.82. The number of hydrogen-bond acceptors (Lipinski definition) is 5. The van der Waals surface area contributed by atoms with E-state index in [1.54, 1.807) is 42.7 Å². The summed E-state index contributed by atoms with van der Waals surface area (Å²) in [6.45, 7) is 0. The van der Waals surface area contributed by atoms with Crippen molar-refractivity contribution in [1.82, 2.24) is 4.98 Å². The maximum Gasteiger partial charge on any atom is 0.267 e. The van der Waals surface area contributed by atoms with Crippen molar-refractivity contribution in [2.75, 3.05) is 5.32 Å². The number of carbonyl (C=O) groups excluding carboxylic acids is 1. The predicted octanol–water partition coefficient (Wildman–Crippen LogP) is 7.79. The quantitative estimate of drug-likeness (QED) is 0.274. The highest BCUT2D eigenvalue weighted by molar-refractivity contribution is 7.21. The highest BCUT2D eigenvalue weighted by Crippen LogP contribution is 2.37. The number of para-hydroxylation sites is 1. The first kappa shape index (κ1) is 21.0. The normalized spacial score (nSPS) is 10.7. The number of nitrogens with zero attached hydrogens (tertiary/aromatic N) is 1. The van der Waals surface area contributed by atoms with Gasteiger partial charge < -0.3 is 14.8 Å². The molecule has 0 spiro atoms. The summed E-state index contributed by atoms with van der Waals surface area (Å²) in [5, 5.41) is 4.22. The number of hydrogen-bond donors (Lipinski definition) is 1. The number of thiophene rings is 1. The first-order chi connectivity index (χ1) is 16.2. The van der Waals surface area contributed by atoms with Crippen LogP contribution in [0.1, 0.15) is 9.67 Å². The smallest absolute Gasteiger partial charge is 0.267 e. The van der Waals surface area contributed by atoms with Crippen LogP contribution in [0, 0.1) is 0 Å². The summed E-state index contributed by atoms with van der Waals surface area (Å²) in [6, 6.07) is 25.8. The van der Waals surface area contributed by atoms with Gasteiger partial charge in [-0.15, -0.1) is 11.3 Å². The van der Waals surface area contributed by atoms with Crippen LogP contribution in [0.15, 0.2) is 97.3 Å². The molecule has 5 aromatic rings.